The Labute approximate surface area is 126 Å². The number of nitrogens with two attached hydrogens (primary N) is 1. The van der Waals surface area contributed by atoms with Crippen LogP contribution < -0.4 is 5.73 Å². The van der Waals surface area contributed by atoms with Gasteiger partial charge >= 0.3 is 6.18 Å². The molecule has 2 aromatic heterocycles. The first-order valence-corrected chi connectivity index (χ1v) is 6.24. The number of halogens is 4. The third kappa shape index (κ3) is 2.34. The first-order chi connectivity index (χ1) is 9.14. The molecule has 0 fully saturated rings. The lowest BCUT2D eigenvalue weighted by Gasteiger charge is -2.06. The van der Waals surface area contributed by atoms with Gasteiger partial charge in [0.25, 0.3) is 0 Å². The predicted molar refractivity (Wildman–Crippen MR) is 73.6 cm³/mol. The fourth-order valence-corrected chi connectivity index (χ4v) is 2.52. The minimum atomic E-state index is -4.63. The van der Waals surface area contributed by atoms with Crippen molar-refractivity contribution in [1.29, 1.82) is 0 Å². The molecule has 5 nitrogen and oxygen atoms in total. The number of nitrogens with zero attached hydrogens (tertiary/aromatic N) is 3. The van der Waals surface area contributed by atoms with Crippen LogP contribution in [0.5, 0.6) is 0 Å². The van der Waals surface area contributed by atoms with Crippen LogP contribution in [0.2, 0.25) is 5.02 Å². The summed E-state index contributed by atoms with van der Waals surface area (Å²) in [6.07, 6.45) is -3.25. The molecule has 2 heterocycles. The SMILES string of the molecule is Cn1nc(-n2[nH]cc(C(N)=S)c2=S)c(Cl)c1C(F)(F)F. The Bertz CT molecular complexity index is 742. The number of thiocarbonyl (C=S) groups is 1. The number of H-pyrrole nitrogens is 1. The van der Waals surface area contributed by atoms with Gasteiger partial charge in [0.2, 0.25) is 0 Å². The van der Waals surface area contributed by atoms with E-state index in [0.717, 1.165) is 11.7 Å². The first-order valence-electron chi connectivity index (χ1n) is 5.05. The maximum absolute atomic E-state index is 12.8. The fourth-order valence-electron chi connectivity index (χ4n) is 1.64. The molecular weight excluding hydrogens is 335 g/mol. The van der Waals surface area contributed by atoms with Crippen molar-refractivity contribution in [3.8, 4) is 5.82 Å². The third-order valence-electron chi connectivity index (χ3n) is 2.49. The lowest BCUT2D eigenvalue weighted by Crippen LogP contribution is -2.12. The van der Waals surface area contributed by atoms with Crippen molar-refractivity contribution >= 4 is 41.0 Å². The van der Waals surface area contributed by atoms with E-state index in [9.17, 15) is 13.2 Å². The molecule has 0 bridgehead atoms. The van der Waals surface area contributed by atoms with E-state index in [1.807, 2.05) is 0 Å². The zero-order valence-electron chi connectivity index (χ0n) is 9.82. The van der Waals surface area contributed by atoms with Gasteiger partial charge in [-0.3, -0.25) is 9.78 Å². The maximum atomic E-state index is 12.8. The topological polar surface area (TPSA) is 64.6 Å². The van der Waals surface area contributed by atoms with E-state index >= 15 is 0 Å². The van der Waals surface area contributed by atoms with Gasteiger partial charge < -0.3 is 5.73 Å². The van der Waals surface area contributed by atoms with Crippen molar-refractivity contribution in [1.82, 2.24) is 19.6 Å². The standard InChI is InChI=1S/C9H7ClF3N5S2/c1-17-5(9(11,12)13)4(10)7(16-17)18-8(20)3(2-15-18)6(14)19/h2,15H,1H3,(H2,14,19). The number of hydrogen-bond donors (Lipinski definition) is 2. The third-order valence-corrected chi connectivity index (χ3v) is 3.46. The summed E-state index contributed by atoms with van der Waals surface area (Å²) in [7, 11) is 1.14. The molecule has 0 aliphatic rings. The highest BCUT2D eigenvalue weighted by molar-refractivity contribution is 7.80. The molecule has 2 rings (SSSR count). The molecule has 20 heavy (non-hydrogen) atoms. The average Bonchev–Trinajstić information content (AvgIpc) is 2.78. The molecule has 0 aliphatic heterocycles. The van der Waals surface area contributed by atoms with Gasteiger partial charge in [0.15, 0.2) is 11.5 Å². The van der Waals surface area contributed by atoms with Crippen molar-refractivity contribution in [2.24, 2.45) is 12.8 Å². The summed E-state index contributed by atoms with van der Waals surface area (Å²) in [5.74, 6) is -0.172. The van der Waals surface area contributed by atoms with Crippen LogP contribution in [0.15, 0.2) is 6.20 Å². The first kappa shape index (κ1) is 15.0. The van der Waals surface area contributed by atoms with E-state index in [2.05, 4.69) is 10.2 Å². The summed E-state index contributed by atoms with van der Waals surface area (Å²) < 4.78 is 40.4. The zero-order valence-corrected chi connectivity index (χ0v) is 12.2. The van der Waals surface area contributed by atoms with Crippen LogP contribution >= 0.6 is 36.0 Å². The molecule has 0 saturated carbocycles. The quantitative estimate of drug-likeness (QED) is 0.824. The second-order valence-corrected chi connectivity index (χ2v) is 5.00. The Kier molecular flexibility index (Phi) is 3.65. The van der Waals surface area contributed by atoms with Gasteiger partial charge in [-0.05, 0) is 0 Å². The van der Waals surface area contributed by atoms with Gasteiger partial charge in [-0.1, -0.05) is 36.0 Å². The van der Waals surface area contributed by atoms with Gasteiger partial charge in [0.1, 0.15) is 14.7 Å². The van der Waals surface area contributed by atoms with Crippen LogP contribution in [0, 0.1) is 4.64 Å². The lowest BCUT2D eigenvalue weighted by atomic mass is 10.3. The molecular formula is C9H7ClF3N5S2. The zero-order chi connectivity index (χ0) is 15.2. The number of aryl methyl sites for hydroxylation is 1. The van der Waals surface area contributed by atoms with Gasteiger partial charge in [0, 0.05) is 13.2 Å². The number of aromatic amines is 1. The van der Waals surface area contributed by atoms with Crippen LogP contribution in [0.3, 0.4) is 0 Å². The van der Waals surface area contributed by atoms with Crippen molar-refractivity contribution in [3.63, 3.8) is 0 Å². The minimum absolute atomic E-state index is 0.0214. The predicted octanol–water partition coefficient (Wildman–Crippen LogP) is 2.57. The number of aromatic nitrogens is 4. The van der Waals surface area contributed by atoms with Crippen LogP contribution in [-0.2, 0) is 13.2 Å². The van der Waals surface area contributed by atoms with E-state index < -0.39 is 16.9 Å². The Hall–Kier alpha value is -1.39. The number of alkyl halides is 3. The van der Waals surface area contributed by atoms with E-state index in [4.69, 9.17) is 41.8 Å². The summed E-state index contributed by atoms with van der Waals surface area (Å²) in [6, 6.07) is 0. The van der Waals surface area contributed by atoms with E-state index in [-0.39, 0.29) is 15.4 Å². The van der Waals surface area contributed by atoms with Gasteiger partial charge in [-0.25, -0.2) is 4.68 Å². The van der Waals surface area contributed by atoms with Crippen LogP contribution in [0.25, 0.3) is 5.82 Å². The Balaban J connectivity index is 2.67. The van der Waals surface area contributed by atoms with E-state index in [0.29, 0.717) is 10.2 Å². The molecule has 11 heteroatoms. The smallest absolute Gasteiger partial charge is 0.389 e. The second-order valence-electron chi connectivity index (χ2n) is 3.80. The van der Waals surface area contributed by atoms with Gasteiger partial charge in [-0.2, -0.15) is 18.3 Å². The van der Waals surface area contributed by atoms with E-state index in [1.54, 1.807) is 0 Å². The largest absolute Gasteiger partial charge is 0.434 e. The second kappa shape index (κ2) is 4.86. The molecule has 0 radical (unpaired) electrons. The highest BCUT2D eigenvalue weighted by Gasteiger charge is 2.39. The van der Waals surface area contributed by atoms with Gasteiger partial charge in [0.05, 0.1) is 5.56 Å². The highest BCUT2D eigenvalue weighted by Crippen LogP contribution is 2.37. The molecule has 0 atom stereocenters. The molecule has 0 spiro atoms. The van der Waals surface area contributed by atoms with Crippen LogP contribution in [-0.4, -0.2) is 24.5 Å². The summed E-state index contributed by atoms with van der Waals surface area (Å²) in [6.45, 7) is 0. The minimum Gasteiger partial charge on any atom is -0.389 e. The molecule has 0 unspecified atom stereocenters. The Morgan fingerprint density at radius 2 is 2.10 bits per heavy atom. The molecule has 0 saturated heterocycles. The molecule has 2 aromatic rings. The molecule has 0 aliphatic carbocycles. The van der Waals surface area contributed by atoms with Crippen LogP contribution in [0.1, 0.15) is 11.3 Å². The Morgan fingerprint density at radius 1 is 1.50 bits per heavy atom. The van der Waals surface area contributed by atoms with Crippen molar-refractivity contribution in [2.75, 3.05) is 0 Å². The van der Waals surface area contributed by atoms with Crippen molar-refractivity contribution in [2.45, 2.75) is 6.18 Å². The Morgan fingerprint density at radius 3 is 2.50 bits per heavy atom. The van der Waals surface area contributed by atoms with E-state index in [1.165, 1.54) is 6.20 Å². The maximum Gasteiger partial charge on any atom is 0.434 e. The summed E-state index contributed by atoms with van der Waals surface area (Å²) in [5, 5.41) is 5.79. The summed E-state index contributed by atoms with van der Waals surface area (Å²) in [4.78, 5) is 0.0214. The molecule has 108 valence electrons. The van der Waals surface area contributed by atoms with Gasteiger partial charge in [-0.15, -0.1) is 0 Å². The van der Waals surface area contributed by atoms with Crippen molar-refractivity contribution in [3.05, 3.63) is 27.1 Å². The summed E-state index contributed by atoms with van der Waals surface area (Å²) >= 11 is 15.6. The number of nitrogens with one attached hydrogen (secondary N) is 1. The lowest BCUT2D eigenvalue weighted by molar-refractivity contribution is -0.143. The van der Waals surface area contributed by atoms with Crippen molar-refractivity contribution < 1.29 is 13.2 Å². The average molecular weight is 342 g/mol. The highest BCUT2D eigenvalue weighted by atomic mass is 35.5. The summed E-state index contributed by atoms with van der Waals surface area (Å²) in [5.41, 5.74) is 4.70. The molecule has 3 N–H and O–H groups in total. The normalized spacial score (nSPS) is 11.8. The monoisotopic (exact) mass is 341 g/mol. The molecule has 0 amide bonds. The number of rotatable bonds is 2. The number of hydrogen-bond acceptors (Lipinski definition) is 3. The van der Waals surface area contributed by atoms with Crippen LogP contribution in [0.4, 0.5) is 13.2 Å². The fraction of sp³-hybridized carbons (Fsp3) is 0.222. The molecule has 0 aromatic carbocycles.